The van der Waals surface area contributed by atoms with Crippen molar-refractivity contribution in [2.24, 2.45) is 0 Å². The molecule has 0 saturated heterocycles. The van der Waals surface area contributed by atoms with E-state index >= 15 is 0 Å². The minimum atomic E-state index is -0.957. The van der Waals surface area contributed by atoms with E-state index in [0.29, 0.717) is 0 Å². The molecule has 0 spiro atoms. The summed E-state index contributed by atoms with van der Waals surface area (Å²) in [6, 6.07) is 3.63. The molecule has 5 nitrogen and oxygen atoms in total. The van der Waals surface area contributed by atoms with Gasteiger partial charge in [-0.2, -0.15) is 0 Å². The van der Waals surface area contributed by atoms with E-state index in [9.17, 15) is 14.0 Å². The molecule has 2 amide bonds. The Morgan fingerprint density at radius 2 is 2.15 bits per heavy atom. The van der Waals surface area contributed by atoms with Gasteiger partial charge in [-0.05, 0) is 31.0 Å². The number of hydrogen-bond donors (Lipinski definition) is 2. The molecule has 1 fully saturated rings. The molecule has 0 unspecified atom stereocenters. The summed E-state index contributed by atoms with van der Waals surface area (Å²) in [7, 11) is 0. The topological polar surface area (TPSA) is 69.6 Å². The van der Waals surface area contributed by atoms with E-state index < -0.39 is 17.8 Å². The van der Waals surface area contributed by atoms with Crippen molar-refractivity contribution in [3.05, 3.63) is 29.0 Å². The lowest BCUT2D eigenvalue weighted by atomic mass is 10.3. The van der Waals surface area contributed by atoms with Gasteiger partial charge in [-0.3, -0.25) is 4.79 Å². The van der Waals surface area contributed by atoms with Gasteiger partial charge >= 0.3 is 12.0 Å². The van der Waals surface area contributed by atoms with Gasteiger partial charge in [-0.15, -0.1) is 0 Å². The number of urea groups is 1. The molecular weight excluding hydrogens is 287 g/mol. The molecule has 1 aliphatic carbocycles. The summed E-state index contributed by atoms with van der Waals surface area (Å²) >= 11 is 5.56. The number of nitrogens with zero attached hydrogens (tertiary/aromatic N) is 1. The number of carbonyl (C=O) groups excluding carboxylic acids is 1. The first-order chi connectivity index (χ1) is 9.47. The van der Waals surface area contributed by atoms with E-state index in [1.165, 1.54) is 17.0 Å². The van der Waals surface area contributed by atoms with E-state index in [2.05, 4.69) is 5.32 Å². The van der Waals surface area contributed by atoms with Crippen LogP contribution in [0.4, 0.5) is 14.9 Å². The van der Waals surface area contributed by atoms with Crippen LogP contribution >= 0.6 is 11.6 Å². The van der Waals surface area contributed by atoms with Crippen molar-refractivity contribution in [2.75, 3.05) is 11.9 Å². The van der Waals surface area contributed by atoms with Gasteiger partial charge in [-0.25, -0.2) is 9.18 Å². The molecule has 0 bridgehead atoms. The van der Waals surface area contributed by atoms with Gasteiger partial charge in [0.05, 0.1) is 11.4 Å². The Kier molecular flexibility index (Phi) is 4.44. The molecule has 0 heterocycles. The molecule has 108 valence electrons. The van der Waals surface area contributed by atoms with E-state index in [1.54, 1.807) is 0 Å². The number of rotatable bonds is 5. The molecule has 20 heavy (non-hydrogen) atoms. The van der Waals surface area contributed by atoms with Crippen molar-refractivity contribution in [3.63, 3.8) is 0 Å². The molecule has 2 N–H and O–H groups in total. The number of hydrogen-bond acceptors (Lipinski definition) is 2. The van der Waals surface area contributed by atoms with Gasteiger partial charge in [0.2, 0.25) is 0 Å². The second-order valence-corrected chi connectivity index (χ2v) is 5.03. The van der Waals surface area contributed by atoms with Crippen molar-refractivity contribution in [3.8, 4) is 0 Å². The maximum absolute atomic E-state index is 13.3. The lowest BCUT2D eigenvalue weighted by molar-refractivity contribution is -0.137. The Morgan fingerprint density at radius 3 is 2.70 bits per heavy atom. The molecule has 1 aliphatic rings. The van der Waals surface area contributed by atoms with Crippen LogP contribution < -0.4 is 5.32 Å². The molecule has 0 aromatic heterocycles. The molecule has 1 saturated carbocycles. The Hall–Kier alpha value is -1.82. The molecule has 1 aromatic rings. The Bertz CT molecular complexity index is 534. The van der Waals surface area contributed by atoms with Gasteiger partial charge in [0, 0.05) is 18.3 Å². The predicted octanol–water partition coefficient (Wildman–Crippen LogP) is 2.95. The van der Waals surface area contributed by atoms with Crippen LogP contribution in [0.1, 0.15) is 19.3 Å². The summed E-state index contributed by atoms with van der Waals surface area (Å²) in [4.78, 5) is 24.1. The fourth-order valence-electron chi connectivity index (χ4n) is 1.82. The maximum Gasteiger partial charge on any atom is 0.322 e. The first-order valence-electron chi connectivity index (χ1n) is 6.22. The van der Waals surface area contributed by atoms with Gasteiger partial charge in [0.15, 0.2) is 0 Å². The average Bonchev–Trinajstić information content (AvgIpc) is 3.18. The Morgan fingerprint density at radius 1 is 1.45 bits per heavy atom. The smallest absolute Gasteiger partial charge is 0.322 e. The largest absolute Gasteiger partial charge is 0.481 e. The molecule has 0 radical (unpaired) electrons. The van der Waals surface area contributed by atoms with Gasteiger partial charge in [0.25, 0.3) is 0 Å². The van der Waals surface area contributed by atoms with Crippen molar-refractivity contribution >= 4 is 29.3 Å². The first kappa shape index (κ1) is 14.6. The second kappa shape index (κ2) is 6.09. The SMILES string of the molecule is O=C(O)CCN(C(=O)Nc1ccc(Cl)c(F)c1)C1CC1. The number of aliphatic carboxylic acids is 1. The van der Waals surface area contributed by atoms with Crippen LogP contribution in [0.3, 0.4) is 0 Å². The molecule has 2 rings (SSSR count). The second-order valence-electron chi connectivity index (χ2n) is 4.63. The van der Waals surface area contributed by atoms with Crippen LogP contribution in [0.5, 0.6) is 0 Å². The minimum absolute atomic E-state index is 0.0204. The normalized spacial score (nSPS) is 13.9. The molecular formula is C13H14ClFN2O3. The average molecular weight is 301 g/mol. The van der Waals surface area contributed by atoms with Gasteiger partial charge < -0.3 is 15.3 Å². The van der Waals surface area contributed by atoms with Crippen molar-refractivity contribution < 1.29 is 19.1 Å². The highest BCUT2D eigenvalue weighted by Crippen LogP contribution is 2.28. The zero-order chi connectivity index (χ0) is 14.7. The molecule has 0 aliphatic heterocycles. The number of nitrogens with one attached hydrogen (secondary N) is 1. The highest BCUT2D eigenvalue weighted by molar-refractivity contribution is 6.30. The lowest BCUT2D eigenvalue weighted by Crippen LogP contribution is -2.38. The van der Waals surface area contributed by atoms with Crippen molar-refractivity contribution in [1.29, 1.82) is 0 Å². The van der Waals surface area contributed by atoms with Gasteiger partial charge in [0.1, 0.15) is 5.82 Å². The van der Waals surface area contributed by atoms with Crippen LogP contribution in [0, 0.1) is 5.82 Å². The molecule has 0 atom stereocenters. The minimum Gasteiger partial charge on any atom is -0.481 e. The summed E-state index contributed by atoms with van der Waals surface area (Å²) in [6.07, 6.45) is 1.61. The number of carboxylic acids is 1. The summed E-state index contributed by atoms with van der Waals surface area (Å²) in [5, 5.41) is 11.2. The zero-order valence-electron chi connectivity index (χ0n) is 10.6. The first-order valence-corrected chi connectivity index (χ1v) is 6.59. The van der Waals surface area contributed by atoms with E-state index in [-0.39, 0.29) is 29.7 Å². The number of carbonyl (C=O) groups is 2. The van der Waals surface area contributed by atoms with E-state index in [4.69, 9.17) is 16.7 Å². The van der Waals surface area contributed by atoms with E-state index in [0.717, 1.165) is 18.9 Å². The zero-order valence-corrected chi connectivity index (χ0v) is 11.4. The molecule has 1 aromatic carbocycles. The Balaban J connectivity index is 2.00. The number of anilines is 1. The van der Waals surface area contributed by atoms with Crippen LogP contribution in [0.2, 0.25) is 5.02 Å². The highest BCUT2D eigenvalue weighted by Gasteiger charge is 2.32. The van der Waals surface area contributed by atoms with Crippen LogP contribution in [0.25, 0.3) is 0 Å². The monoisotopic (exact) mass is 300 g/mol. The fraction of sp³-hybridized carbons (Fsp3) is 0.385. The Labute approximate surface area is 120 Å². The quantitative estimate of drug-likeness (QED) is 0.878. The third kappa shape index (κ3) is 3.84. The highest BCUT2D eigenvalue weighted by atomic mass is 35.5. The third-order valence-corrected chi connectivity index (χ3v) is 3.29. The van der Waals surface area contributed by atoms with Crippen LogP contribution in [0.15, 0.2) is 18.2 Å². The van der Waals surface area contributed by atoms with Gasteiger partial charge in [-0.1, -0.05) is 11.6 Å². The van der Waals surface area contributed by atoms with Crippen molar-refractivity contribution in [1.82, 2.24) is 4.90 Å². The lowest BCUT2D eigenvalue weighted by Gasteiger charge is -2.22. The summed E-state index contributed by atoms with van der Waals surface area (Å²) in [5.41, 5.74) is 0.290. The van der Waals surface area contributed by atoms with Crippen molar-refractivity contribution in [2.45, 2.75) is 25.3 Å². The summed E-state index contributed by atoms with van der Waals surface area (Å²) < 4.78 is 13.3. The third-order valence-electron chi connectivity index (χ3n) is 2.99. The summed E-state index contributed by atoms with van der Waals surface area (Å²) in [5.74, 6) is -1.58. The standard InChI is InChI=1S/C13H14ClFN2O3/c14-10-4-1-8(7-11(10)15)16-13(20)17(9-2-3-9)6-5-12(18)19/h1,4,7,9H,2-3,5-6H2,(H,16,20)(H,18,19). The van der Waals surface area contributed by atoms with E-state index in [1.807, 2.05) is 0 Å². The summed E-state index contributed by atoms with van der Waals surface area (Å²) in [6.45, 7) is 0.141. The predicted molar refractivity (Wildman–Crippen MR) is 72.4 cm³/mol. The van der Waals surface area contributed by atoms with Crippen LogP contribution in [-0.2, 0) is 4.79 Å². The number of carboxylic acid groups (broad SMARTS) is 1. The number of amides is 2. The number of halogens is 2. The number of benzene rings is 1. The fourth-order valence-corrected chi connectivity index (χ4v) is 1.94. The van der Waals surface area contributed by atoms with Crippen LogP contribution in [-0.4, -0.2) is 34.6 Å². The maximum atomic E-state index is 13.3. The molecule has 7 heteroatoms.